The maximum atomic E-state index is 12.5. The fourth-order valence-electron chi connectivity index (χ4n) is 3.84. The van der Waals surface area contributed by atoms with Crippen LogP contribution in [0.1, 0.15) is 31.9 Å². The standard InChI is InChI=1S/C18H32N7O15P3/c19-5-3-1-2-4-6-20-11(26)7-21-18-23-15-12(16(29)24-18)22-9-25(15)17-14(28)13(27)10(38-17)8-37-42(33,34)40-43(35,36)39-41(30,31)32/h9-10,13-14,17,27-28H,1-8,19H2,(H,20,26)(H,33,34)(H,35,36)(H2,30,31,32)(H2,21,23,24,29)/t10-,13-,14-,17-/m1/s1. The zero-order valence-corrected chi connectivity index (χ0v) is 24.8. The van der Waals surface area contributed by atoms with E-state index in [0.717, 1.165) is 36.6 Å². The number of nitrogens with one attached hydrogen (secondary N) is 3. The van der Waals surface area contributed by atoms with Gasteiger partial charge in [0, 0.05) is 6.54 Å². The van der Waals surface area contributed by atoms with Gasteiger partial charge in [0.05, 0.1) is 19.5 Å². The smallest absolute Gasteiger partial charge is 0.387 e. The number of fused-ring (bicyclic) bond motifs is 1. The molecule has 0 radical (unpaired) electrons. The molecule has 3 rings (SSSR count). The van der Waals surface area contributed by atoms with Crippen molar-refractivity contribution < 1.29 is 66.2 Å². The third-order valence-electron chi connectivity index (χ3n) is 5.73. The molecule has 22 nitrogen and oxygen atoms in total. The average Bonchev–Trinajstić information content (AvgIpc) is 3.42. The third kappa shape index (κ3) is 10.5. The highest BCUT2D eigenvalue weighted by molar-refractivity contribution is 7.66. The van der Waals surface area contributed by atoms with Gasteiger partial charge in [-0.25, -0.2) is 18.7 Å². The van der Waals surface area contributed by atoms with Gasteiger partial charge in [0.25, 0.3) is 5.56 Å². The summed E-state index contributed by atoms with van der Waals surface area (Å²) in [5.74, 6) is -0.499. The van der Waals surface area contributed by atoms with Crippen molar-refractivity contribution in [3.05, 3.63) is 16.7 Å². The number of amides is 1. The molecular formula is C18H32N7O15P3. The Hall–Kier alpha value is -2.13. The van der Waals surface area contributed by atoms with Crippen molar-refractivity contribution in [1.82, 2.24) is 24.8 Å². The van der Waals surface area contributed by atoms with Gasteiger partial charge in [-0.2, -0.15) is 13.6 Å². The predicted molar refractivity (Wildman–Crippen MR) is 143 cm³/mol. The molecule has 11 N–H and O–H groups in total. The topological polar surface area (TPSA) is 340 Å². The molecule has 1 amide bonds. The molecule has 3 heterocycles. The minimum Gasteiger partial charge on any atom is -0.387 e. The minimum absolute atomic E-state index is 0.130. The molecule has 43 heavy (non-hydrogen) atoms. The molecule has 2 aromatic heterocycles. The molecule has 1 aliphatic rings. The van der Waals surface area contributed by atoms with E-state index in [0.29, 0.717) is 13.1 Å². The number of carbonyl (C=O) groups excluding carboxylic acids is 1. The van der Waals surface area contributed by atoms with Crippen LogP contribution in [0.4, 0.5) is 5.95 Å². The van der Waals surface area contributed by atoms with Crippen molar-refractivity contribution >= 4 is 46.5 Å². The summed E-state index contributed by atoms with van der Waals surface area (Å²) in [5, 5.41) is 26.3. The van der Waals surface area contributed by atoms with Crippen LogP contribution in [0.25, 0.3) is 11.2 Å². The van der Waals surface area contributed by atoms with Gasteiger partial charge in [0.1, 0.15) is 18.3 Å². The number of carbonyl (C=O) groups is 1. The zero-order chi connectivity index (χ0) is 32.0. The number of nitrogens with zero attached hydrogens (tertiary/aromatic N) is 3. The Morgan fingerprint density at radius 1 is 1.07 bits per heavy atom. The number of nitrogens with two attached hydrogens (primary N) is 1. The highest BCUT2D eigenvalue weighted by Crippen LogP contribution is 2.66. The summed E-state index contributed by atoms with van der Waals surface area (Å²) in [6.07, 6.45) is -2.03. The van der Waals surface area contributed by atoms with Crippen LogP contribution in [0.2, 0.25) is 0 Å². The second-order valence-corrected chi connectivity index (χ2v) is 13.5. The number of phosphoric ester groups is 1. The molecule has 0 saturated carbocycles. The van der Waals surface area contributed by atoms with Crippen LogP contribution in [0, 0.1) is 0 Å². The predicted octanol–water partition coefficient (Wildman–Crippen LogP) is -1.87. The number of rotatable bonds is 17. The van der Waals surface area contributed by atoms with Gasteiger partial charge >= 0.3 is 23.5 Å². The van der Waals surface area contributed by atoms with E-state index < -0.39 is 60.2 Å². The molecule has 0 aromatic carbocycles. The van der Waals surface area contributed by atoms with Gasteiger partial charge in [-0.3, -0.25) is 23.7 Å². The molecule has 0 aliphatic carbocycles. The largest absolute Gasteiger partial charge is 0.490 e. The first-order valence-corrected chi connectivity index (χ1v) is 17.0. The third-order valence-corrected chi connectivity index (χ3v) is 9.53. The maximum Gasteiger partial charge on any atom is 0.490 e. The molecule has 6 atom stereocenters. The Balaban J connectivity index is 1.64. The summed E-state index contributed by atoms with van der Waals surface area (Å²) >= 11 is 0. The lowest BCUT2D eigenvalue weighted by Gasteiger charge is -2.19. The number of hydrogen-bond donors (Lipinski definition) is 10. The normalized spacial score (nSPS) is 23.6. The Morgan fingerprint density at radius 2 is 1.77 bits per heavy atom. The van der Waals surface area contributed by atoms with Crippen LogP contribution in [-0.2, 0) is 36.4 Å². The second-order valence-electron chi connectivity index (χ2n) is 9.08. The summed E-state index contributed by atoms with van der Waals surface area (Å²) in [6.45, 7) is -0.237. The van der Waals surface area contributed by atoms with Gasteiger partial charge in [0.15, 0.2) is 17.4 Å². The number of imidazole rings is 1. The first kappa shape index (κ1) is 35.4. The summed E-state index contributed by atoms with van der Waals surface area (Å²) in [6, 6.07) is 0. The van der Waals surface area contributed by atoms with Crippen LogP contribution in [0.5, 0.6) is 0 Å². The van der Waals surface area contributed by atoms with Crippen LogP contribution in [0.15, 0.2) is 11.1 Å². The molecule has 0 spiro atoms. The Bertz CT molecular complexity index is 1460. The van der Waals surface area contributed by atoms with Crippen molar-refractivity contribution in [2.75, 3.05) is 31.6 Å². The van der Waals surface area contributed by atoms with E-state index in [4.69, 9.17) is 20.3 Å². The van der Waals surface area contributed by atoms with E-state index in [2.05, 4.69) is 38.7 Å². The Labute approximate surface area is 242 Å². The van der Waals surface area contributed by atoms with Crippen molar-refractivity contribution in [2.45, 2.75) is 50.2 Å². The van der Waals surface area contributed by atoms with Gasteiger partial charge < -0.3 is 50.9 Å². The first-order valence-electron chi connectivity index (χ1n) is 12.5. The lowest BCUT2D eigenvalue weighted by atomic mass is 10.1. The number of unbranched alkanes of at least 4 members (excludes halogenated alkanes) is 3. The number of aliphatic hydroxyl groups excluding tert-OH is 2. The molecule has 2 unspecified atom stereocenters. The minimum atomic E-state index is -5.78. The number of ether oxygens (including phenoxy) is 1. The lowest BCUT2D eigenvalue weighted by molar-refractivity contribution is -0.119. The van der Waals surface area contributed by atoms with E-state index >= 15 is 0 Å². The summed E-state index contributed by atoms with van der Waals surface area (Å²) in [7, 11) is -16.9. The van der Waals surface area contributed by atoms with Crippen molar-refractivity contribution in [2.24, 2.45) is 5.73 Å². The highest BCUT2D eigenvalue weighted by atomic mass is 31.3. The molecule has 0 bridgehead atoms. The zero-order valence-electron chi connectivity index (χ0n) is 22.2. The van der Waals surface area contributed by atoms with E-state index in [1.165, 1.54) is 0 Å². The molecule has 25 heteroatoms. The van der Waals surface area contributed by atoms with Crippen molar-refractivity contribution in [3.8, 4) is 0 Å². The highest BCUT2D eigenvalue weighted by Gasteiger charge is 2.47. The number of hydrogen-bond acceptors (Lipinski definition) is 15. The fourth-order valence-corrected chi connectivity index (χ4v) is 6.87. The fraction of sp³-hybridized carbons (Fsp3) is 0.667. The van der Waals surface area contributed by atoms with Crippen molar-refractivity contribution in [1.29, 1.82) is 0 Å². The maximum absolute atomic E-state index is 12.5. The number of anilines is 1. The SMILES string of the molecule is NCCCCCCNC(=O)CNc1nc2c(ncn2[C@@H]2O[C@H](COP(=O)(O)OP(=O)(O)OP(=O)(O)O)[C@@H](O)[C@H]2O)c(=O)[nH]1. The van der Waals surface area contributed by atoms with E-state index in [1.54, 1.807) is 0 Å². The Kier molecular flexibility index (Phi) is 12.1. The van der Waals surface area contributed by atoms with Crippen LogP contribution >= 0.6 is 23.5 Å². The summed E-state index contributed by atoms with van der Waals surface area (Å²) < 4.78 is 52.4. The van der Waals surface area contributed by atoms with Crippen molar-refractivity contribution in [3.63, 3.8) is 0 Å². The monoisotopic (exact) mass is 679 g/mol. The number of aliphatic hydroxyl groups is 2. The summed E-state index contributed by atoms with van der Waals surface area (Å²) in [4.78, 5) is 71.2. The van der Waals surface area contributed by atoms with E-state index in [1.807, 2.05) is 0 Å². The molecule has 244 valence electrons. The van der Waals surface area contributed by atoms with Gasteiger partial charge in [-0.1, -0.05) is 12.8 Å². The van der Waals surface area contributed by atoms with Gasteiger partial charge in [-0.15, -0.1) is 0 Å². The number of aromatic amines is 1. The molecule has 1 aliphatic heterocycles. The van der Waals surface area contributed by atoms with Crippen LogP contribution < -0.4 is 21.9 Å². The van der Waals surface area contributed by atoms with Gasteiger partial charge in [0.2, 0.25) is 11.9 Å². The molecular weight excluding hydrogens is 647 g/mol. The van der Waals surface area contributed by atoms with Crippen LogP contribution in [-0.4, -0.2) is 99.8 Å². The molecule has 2 aromatic rings. The number of H-pyrrole nitrogens is 1. The second kappa shape index (κ2) is 14.8. The summed E-state index contributed by atoms with van der Waals surface area (Å²) in [5.41, 5.74) is 4.38. The first-order chi connectivity index (χ1) is 20.0. The van der Waals surface area contributed by atoms with E-state index in [9.17, 15) is 43.3 Å². The average molecular weight is 679 g/mol. The quantitative estimate of drug-likeness (QED) is 0.0646. The number of phosphoric acid groups is 3. The Morgan fingerprint density at radius 3 is 2.44 bits per heavy atom. The number of aromatic nitrogens is 4. The lowest BCUT2D eigenvalue weighted by Crippen LogP contribution is -2.33. The van der Waals surface area contributed by atoms with Gasteiger partial charge in [-0.05, 0) is 19.4 Å². The van der Waals surface area contributed by atoms with E-state index in [-0.39, 0.29) is 29.6 Å². The molecule has 1 saturated heterocycles. The van der Waals surface area contributed by atoms with Crippen LogP contribution in [0.3, 0.4) is 0 Å². The molecule has 1 fully saturated rings.